The third-order valence-corrected chi connectivity index (χ3v) is 4.20. The molecule has 1 aliphatic heterocycles. The second-order valence-corrected chi connectivity index (χ2v) is 6.48. The lowest BCUT2D eigenvalue weighted by Gasteiger charge is -2.14. The fourth-order valence-corrected chi connectivity index (χ4v) is 2.41. The minimum atomic E-state index is 0.113. The molecule has 4 nitrogen and oxygen atoms in total. The van der Waals surface area contributed by atoms with Crippen molar-refractivity contribution in [3.63, 3.8) is 0 Å². The van der Waals surface area contributed by atoms with Gasteiger partial charge in [-0.1, -0.05) is 35.3 Å². The van der Waals surface area contributed by atoms with Crippen LogP contribution in [0.3, 0.4) is 0 Å². The minimum absolute atomic E-state index is 0.113. The molecule has 1 aromatic rings. The molecule has 124 valence electrons. The number of nitrogens with one attached hydrogen (secondary N) is 2. The van der Waals surface area contributed by atoms with Crippen LogP contribution in [-0.4, -0.2) is 50.8 Å². The van der Waals surface area contributed by atoms with Gasteiger partial charge in [0.1, 0.15) is 0 Å². The molecule has 1 aromatic carbocycles. The lowest BCUT2D eigenvalue weighted by molar-refractivity contribution is -0.118. The minimum Gasteiger partial charge on any atom is -0.380 e. The first-order valence-corrected chi connectivity index (χ1v) is 9.22. The van der Waals surface area contributed by atoms with E-state index in [1.54, 1.807) is 23.9 Å². The molecular formula is C15H22Cl2N2O2S. The van der Waals surface area contributed by atoms with Gasteiger partial charge in [-0.15, -0.1) is 0 Å². The SMILES string of the molecule is CSCC(=O)NCC1CNCCOC1.Clc1ccccc1Cl. The molecule has 7 heteroatoms. The highest BCUT2D eigenvalue weighted by Gasteiger charge is 2.12. The quantitative estimate of drug-likeness (QED) is 0.862. The molecule has 2 N–H and O–H groups in total. The Bertz CT molecular complexity index is 420. The van der Waals surface area contributed by atoms with Crippen LogP contribution in [0.1, 0.15) is 0 Å². The van der Waals surface area contributed by atoms with Crippen molar-refractivity contribution in [2.45, 2.75) is 0 Å². The summed E-state index contributed by atoms with van der Waals surface area (Å²) in [4.78, 5) is 11.2. The Morgan fingerprint density at radius 1 is 1.41 bits per heavy atom. The summed E-state index contributed by atoms with van der Waals surface area (Å²) in [6.07, 6.45) is 1.93. The second-order valence-electron chi connectivity index (χ2n) is 4.80. The first kappa shape index (κ1) is 19.6. The van der Waals surface area contributed by atoms with Crippen molar-refractivity contribution in [1.82, 2.24) is 10.6 Å². The summed E-state index contributed by atoms with van der Waals surface area (Å²) in [6, 6.07) is 7.19. The van der Waals surface area contributed by atoms with Gasteiger partial charge in [-0.05, 0) is 18.4 Å². The Hall–Kier alpha value is -0.460. The van der Waals surface area contributed by atoms with Crippen LogP contribution in [0, 0.1) is 5.92 Å². The first-order valence-electron chi connectivity index (χ1n) is 7.07. The molecule has 1 atom stereocenters. The average Bonchev–Trinajstić information content (AvgIpc) is 2.78. The third kappa shape index (κ3) is 8.86. The van der Waals surface area contributed by atoms with E-state index in [1.165, 1.54) is 0 Å². The summed E-state index contributed by atoms with van der Waals surface area (Å²) in [5.41, 5.74) is 0. The van der Waals surface area contributed by atoms with Crippen molar-refractivity contribution in [3.05, 3.63) is 34.3 Å². The largest absolute Gasteiger partial charge is 0.380 e. The van der Waals surface area contributed by atoms with Crippen molar-refractivity contribution in [1.29, 1.82) is 0 Å². The van der Waals surface area contributed by atoms with E-state index in [0.717, 1.165) is 26.3 Å². The van der Waals surface area contributed by atoms with Crippen LogP contribution in [0.5, 0.6) is 0 Å². The Morgan fingerprint density at radius 2 is 2.09 bits per heavy atom. The molecular weight excluding hydrogens is 343 g/mol. The zero-order valence-electron chi connectivity index (χ0n) is 12.6. The van der Waals surface area contributed by atoms with Gasteiger partial charge in [0.15, 0.2) is 0 Å². The molecule has 1 fully saturated rings. The summed E-state index contributed by atoms with van der Waals surface area (Å²) in [6.45, 7) is 4.07. The highest BCUT2D eigenvalue weighted by Crippen LogP contribution is 2.19. The number of amides is 1. The van der Waals surface area contributed by atoms with Gasteiger partial charge < -0.3 is 15.4 Å². The topological polar surface area (TPSA) is 50.4 Å². The van der Waals surface area contributed by atoms with Gasteiger partial charge in [0.25, 0.3) is 0 Å². The third-order valence-electron chi connectivity index (χ3n) is 2.90. The monoisotopic (exact) mass is 364 g/mol. The number of hydrogen-bond acceptors (Lipinski definition) is 4. The number of carbonyl (C=O) groups excluding carboxylic acids is 1. The predicted molar refractivity (Wildman–Crippen MR) is 95.0 cm³/mol. The van der Waals surface area contributed by atoms with Crippen LogP contribution in [0.15, 0.2) is 24.3 Å². The van der Waals surface area contributed by atoms with Crippen molar-refractivity contribution in [2.75, 3.05) is 44.9 Å². The van der Waals surface area contributed by atoms with Gasteiger partial charge in [0.05, 0.1) is 29.0 Å². The maximum atomic E-state index is 11.2. The highest BCUT2D eigenvalue weighted by atomic mass is 35.5. The van der Waals surface area contributed by atoms with Gasteiger partial charge in [-0.25, -0.2) is 0 Å². The summed E-state index contributed by atoms with van der Waals surface area (Å²) < 4.78 is 5.38. The van der Waals surface area contributed by atoms with Gasteiger partial charge >= 0.3 is 0 Å². The van der Waals surface area contributed by atoms with Crippen molar-refractivity contribution < 1.29 is 9.53 Å². The molecule has 2 rings (SSSR count). The number of thioether (sulfide) groups is 1. The Balaban J connectivity index is 0.000000255. The maximum absolute atomic E-state index is 11.2. The normalized spacial score (nSPS) is 17.9. The van der Waals surface area contributed by atoms with E-state index in [0.29, 0.717) is 28.3 Å². The Labute approximate surface area is 146 Å². The molecule has 22 heavy (non-hydrogen) atoms. The zero-order chi connectivity index (χ0) is 16.2. The lowest BCUT2D eigenvalue weighted by Crippen LogP contribution is -2.35. The van der Waals surface area contributed by atoms with Gasteiger partial charge in [0.2, 0.25) is 5.91 Å². The van der Waals surface area contributed by atoms with Crippen LogP contribution < -0.4 is 10.6 Å². The van der Waals surface area contributed by atoms with Gasteiger partial charge in [-0.2, -0.15) is 11.8 Å². The average molecular weight is 365 g/mol. The predicted octanol–water partition coefficient (Wildman–Crippen LogP) is 2.70. The molecule has 0 aliphatic carbocycles. The number of halogens is 2. The van der Waals surface area contributed by atoms with Crippen LogP contribution in [0.25, 0.3) is 0 Å². The van der Waals surface area contributed by atoms with E-state index in [9.17, 15) is 4.79 Å². The highest BCUT2D eigenvalue weighted by molar-refractivity contribution is 7.99. The summed E-state index contributed by atoms with van der Waals surface area (Å²) >= 11 is 12.7. The smallest absolute Gasteiger partial charge is 0.229 e. The second kappa shape index (κ2) is 12.0. The number of ether oxygens (including phenoxy) is 1. The zero-order valence-corrected chi connectivity index (χ0v) is 14.9. The number of carbonyl (C=O) groups is 1. The van der Waals surface area contributed by atoms with Gasteiger partial charge in [0, 0.05) is 25.6 Å². The van der Waals surface area contributed by atoms with Crippen LogP contribution >= 0.6 is 35.0 Å². The molecule has 1 amide bonds. The molecule has 0 aromatic heterocycles. The van der Waals surface area contributed by atoms with Crippen molar-refractivity contribution >= 4 is 40.9 Å². The van der Waals surface area contributed by atoms with Gasteiger partial charge in [-0.3, -0.25) is 4.79 Å². The molecule has 1 unspecified atom stereocenters. The van der Waals surface area contributed by atoms with Crippen LogP contribution in [0.2, 0.25) is 10.0 Å². The molecule has 0 saturated carbocycles. The number of benzene rings is 1. The fourth-order valence-electron chi connectivity index (χ4n) is 1.77. The van der Waals surface area contributed by atoms with E-state index >= 15 is 0 Å². The summed E-state index contributed by atoms with van der Waals surface area (Å²) in [5.74, 6) is 1.06. The maximum Gasteiger partial charge on any atom is 0.229 e. The van der Waals surface area contributed by atoms with E-state index in [1.807, 2.05) is 18.4 Å². The van der Waals surface area contributed by atoms with Crippen LogP contribution in [-0.2, 0) is 9.53 Å². The molecule has 1 heterocycles. The number of rotatable bonds is 4. The Kier molecular flexibility index (Phi) is 10.7. The van der Waals surface area contributed by atoms with E-state index < -0.39 is 0 Å². The Morgan fingerprint density at radius 3 is 2.68 bits per heavy atom. The molecule has 0 radical (unpaired) electrons. The van der Waals surface area contributed by atoms with Crippen molar-refractivity contribution in [2.24, 2.45) is 5.92 Å². The standard InChI is InChI=1S/C9H18N2O2S.C6H4Cl2/c1-14-7-9(12)11-5-8-4-10-2-3-13-6-8;7-5-3-1-2-4-6(5)8/h8,10H,2-7H2,1H3,(H,11,12);1-4H. The van der Waals surface area contributed by atoms with E-state index in [-0.39, 0.29) is 5.91 Å². The number of hydrogen-bond donors (Lipinski definition) is 2. The molecule has 0 spiro atoms. The first-order chi connectivity index (χ1) is 10.6. The van der Waals surface area contributed by atoms with E-state index in [2.05, 4.69) is 10.6 Å². The lowest BCUT2D eigenvalue weighted by atomic mass is 10.1. The fraction of sp³-hybridized carbons (Fsp3) is 0.533. The summed E-state index contributed by atoms with van der Waals surface area (Å²) in [7, 11) is 0. The van der Waals surface area contributed by atoms with E-state index in [4.69, 9.17) is 27.9 Å². The molecule has 1 aliphatic rings. The van der Waals surface area contributed by atoms with Crippen LogP contribution in [0.4, 0.5) is 0 Å². The summed E-state index contributed by atoms with van der Waals surface area (Å²) in [5, 5.41) is 7.38. The molecule has 1 saturated heterocycles. The van der Waals surface area contributed by atoms with Crippen molar-refractivity contribution in [3.8, 4) is 0 Å². The molecule has 0 bridgehead atoms.